The van der Waals surface area contributed by atoms with Crippen LogP contribution in [0.15, 0.2) is 59.3 Å². The molecule has 0 radical (unpaired) electrons. The van der Waals surface area contributed by atoms with Gasteiger partial charge in [-0.3, -0.25) is 9.78 Å². The van der Waals surface area contributed by atoms with Gasteiger partial charge in [0.1, 0.15) is 0 Å². The number of carbonyl (C=O) groups is 1. The number of hydrogen-bond acceptors (Lipinski definition) is 2. The van der Waals surface area contributed by atoms with Crippen LogP contribution in [-0.4, -0.2) is 16.1 Å². The normalized spacial score (nSPS) is 11.4. The lowest BCUT2D eigenvalue weighted by atomic mass is 9.97. The fraction of sp³-hybridized carbons (Fsp3) is 0.222. The zero-order chi connectivity index (χ0) is 15.8. The number of halogens is 1. The third-order valence-corrected chi connectivity index (χ3v) is 3.79. The zero-order valence-corrected chi connectivity index (χ0v) is 13.8. The summed E-state index contributed by atoms with van der Waals surface area (Å²) in [5.74, 6) is -0.733. The number of carboxylic acids is 1. The molecule has 0 saturated carbocycles. The van der Waals surface area contributed by atoms with E-state index in [0.717, 1.165) is 34.0 Å². The number of allylic oxidation sites excluding steroid dienone is 1. The van der Waals surface area contributed by atoms with Gasteiger partial charge in [-0.05, 0) is 48.6 Å². The van der Waals surface area contributed by atoms with E-state index < -0.39 is 5.97 Å². The van der Waals surface area contributed by atoms with Crippen molar-refractivity contribution in [1.82, 2.24) is 4.98 Å². The van der Waals surface area contributed by atoms with Gasteiger partial charge < -0.3 is 5.11 Å². The van der Waals surface area contributed by atoms with Gasteiger partial charge in [-0.2, -0.15) is 0 Å². The Morgan fingerprint density at radius 1 is 1.18 bits per heavy atom. The number of carboxylic acid groups (broad SMARTS) is 1. The van der Waals surface area contributed by atoms with E-state index in [4.69, 9.17) is 5.11 Å². The molecule has 4 heteroatoms. The molecule has 0 unspecified atom stereocenters. The van der Waals surface area contributed by atoms with Crippen molar-refractivity contribution in [3.05, 3.63) is 70.5 Å². The van der Waals surface area contributed by atoms with Gasteiger partial charge in [-0.1, -0.05) is 40.2 Å². The Balaban J connectivity index is 2.17. The van der Waals surface area contributed by atoms with Crippen LogP contribution < -0.4 is 0 Å². The molecule has 1 aromatic carbocycles. The van der Waals surface area contributed by atoms with E-state index in [9.17, 15) is 4.79 Å². The summed E-state index contributed by atoms with van der Waals surface area (Å²) in [6.07, 6.45) is 8.42. The third kappa shape index (κ3) is 5.11. The Bertz CT molecular complexity index is 653. The molecule has 114 valence electrons. The van der Waals surface area contributed by atoms with Crippen LogP contribution in [0.1, 0.15) is 36.8 Å². The number of aromatic nitrogens is 1. The molecule has 0 atom stereocenters. The predicted molar refractivity (Wildman–Crippen MR) is 91.6 cm³/mol. The molecule has 2 aromatic rings. The summed E-state index contributed by atoms with van der Waals surface area (Å²) in [6.45, 7) is 0. The van der Waals surface area contributed by atoms with Gasteiger partial charge in [0.2, 0.25) is 0 Å². The molecule has 0 bridgehead atoms. The summed E-state index contributed by atoms with van der Waals surface area (Å²) in [7, 11) is 0. The molecule has 0 spiro atoms. The molecule has 0 saturated heterocycles. The second-order valence-electron chi connectivity index (χ2n) is 5.01. The molecule has 22 heavy (non-hydrogen) atoms. The smallest absolute Gasteiger partial charge is 0.303 e. The van der Waals surface area contributed by atoms with E-state index in [-0.39, 0.29) is 6.42 Å². The summed E-state index contributed by atoms with van der Waals surface area (Å²) in [5, 5.41) is 8.68. The Morgan fingerprint density at radius 3 is 2.68 bits per heavy atom. The lowest BCUT2D eigenvalue weighted by molar-refractivity contribution is -0.137. The number of rotatable bonds is 7. The SMILES string of the molecule is O=C(O)CCCC/C=C(/c1cccnc1)c1cccc(Br)c1. The Hall–Kier alpha value is -1.94. The molecule has 0 aliphatic rings. The van der Waals surface area contributed by atoms with Crippen LogP contribution in [0, 0.1) is 0 Å². The highest BCUT2D eigenvalue weighted by atomic mass is 79.9. The minimum atomic E-state index is -0.733. The molecule has 0 amide bonds. The van der Waals surface area contributed by atoms with E-state index >= 15 is 0 Å². The zero-order valence-electron chi connectivity index (χ0n) is 12.2. The number of pyridine rings is 1. The van der Waals surface area contributed by atoms with Crippen molar-refractivity contribution >= 4 is 27.5 Å². The maximum atomic E-state index is 10.5. The summed E-state index contributed by atoms with van der Waals surface area (Å²) < 4.78 is 1.03. The molecule has 0 aliphatic carbocycles. The average molecular weight is 360 g/mol. The first kappa shape index (κ1) is 16.4. The molecule has 1 heterocycles. The standard InChI is InChI=1S/C18H18BrNO2/c19-16-8-4-6-14(12-16)17(15-7-5-11-20-13-15)9-2-1-3-10-18(21)22/h4-9,11-13H,1-3,10H2,(H,21,22)/b17-9+. The Labute approximate surface area is 138 Å². The van der Waals surface area contributed by atoms with E-state index in [1.165, 1.54) is 0 Å². The summed E-state index contributed by atoms with van der Waals surface area (Å²) in [6, 6.07) is 12.1. The fourth-order valence-corrected chi connectivity index (χ4v) is 2.65. The van der Waals surface area contributed by atoms with Crippen molar-refractivity contribution in [2.75, 3.05) is 0 Å². The highest BCUT2D eigenvalue weighted by Crippen LogP contribution is 2.26. The molecule has 0 fully saturated rings. The van der Waals surface area contributed by atoms with Crippen LogP contribution in [-0.2, 0) is 4.79 Å². The van der Waals surface area contributed by atoms with E-state index in [1.54, 1.807) is 6.20 Å². The Morgan fingerprint density at radius 2 is 2.00 bits per heavy atom. The van der Waals surface area contributed by atoms with Crippen LogP contribution in [0.5, 0.6) is 0 Å². The number of aliphatic carboxylic acids is 1. The van der Waals surface area contributed by atoms with Crippen LogP contribution >= 0.6 is 15.9 Å². The third-order valence-electron chi connectivity index (χ3n) is 3.30. The van der Waals surface area contributed by atoms with Gasteiger partial charge in [0.25, 0.3) is 0 Å². The van der Waals surface area contributed by atoms with E-state index in [2.05, 4.69) is 39.1 Å². The van der Waals surface area contributed by atoms with Crippen molar-refractivity contribution in [1.29, 1.82) is 0 Å². The van der Waals surface area contributed by atoms with Gasteiger partial charge in [-0.25, -0.2) is 0 Å². The fourth-order valence-electron chi connectivity index (χ4n) is 2.25. The van der Waals surface area contributed by atoms with E-state index in [0.29, 0.717) is 6.42 Å². The average Bonchev–Trinajstić information content (AvgIpc) is 2.51. The van der Waals surface area contributed by atoms with Gasteiger partial charge >= 0.3 is 5.97 Å². The van der Waals surface area contributed by atoms with Crippen molar-refractivity contribution in [2.24, 2.45) is 0 Å². The maximum Gasteiger partial charge on any atom is 0.303 e. The minimum absolute atomic E-state index is 0.229. The summed E-state index contributed by atoms with van der Waals surface area (Å²) in [4.78, 5) is 14.7. The molecule has 2 rings (SSSR count). The van der Waals surface area contributed by atoms with Crippen molar-refractivity contribution in [3.8, 4) is 0 Å². The molecule has 3 nitrogen and oxygen atoms in total. The van der Waals surface area contributed by atoms with Crippen molar-refractivity contribution in [3.63, 3.8) is 0 Å². The van der Waals surface area contributed by atoms with E-state index in [1.807, 2.05) is 30.5 Å². The second kappa shape index (κ2) is 8.49. The predicted octanol–water partition coefficient (Wildman–Crippen LogP) is 4.92. The number of nitrogens with zero attached hydrogens (tertiary/aromatic N) is 1. The maximum absolute atomic E-state index is 10.5. The number of unbranched alkanes of at least 4 members (excludes halogenated alkanes) is 2. The monoisotopic (exact) mass is 359 g/mol. The van der Waals surface area contributed by atoms with Gasteiger partial charge in [0.15, 0.2) is 0 Å². The van der Waals surface area contributed by atoms with Crippen LogP contribution in [0.25, 0.3) is 5.57 Å². The first-order chi connectivity index (χ1) is 10.7. The quantitative estimate of drug-likeness (QED) is 0.713. The lowest BCUT2D eigenvalue weighted by Crippen LogP contribution is -1.93. The molecular weight excluding hydrogens is 342 g/mol. The van der Waals surface area contributed by atoms with Crippen molar-refractivity contribution < 1.29 is 9.90 Å². The second-order valence-corrected chi connectivity index (χ2v) is 5.93. The molecular formula is C18H18BrNO2. The molecule has 1 aromatic heterocycles. The van der Waals surface area contributed by atoms with Gasteiger partial charge in [0, 0.05) is 28.9 Å². The van der Waals surface area contributed by atoms with Crippen LogP contribution in [0.2, 0.25) is 0 Å². The van der Waals surface area contributed by atoms with Crippen LogP contribution in [0.3, 0.4) is 0 Å². The number of hydrogen-bond donors (Lipinski definition) is 1. The topological polar surface area (TPSA) is 50.2 Å². The highest BCUT2D eigenvalue weighted by Gasteiger charge is 2.05. The summed E-state index contributed by atoms with van der Waals surface area (Å²) >= 11 is 3.50. The first-order valence-corrected chi connectivity index (χ1v) is 8.04. The van der Waals surface area contributed by atoms with Gasteiger partial charge in [-0.15, -0.1) is 0 Å². The molecule has 0 aliphatic heterocycles. The van der Waals surface area contributed by atoms with Crippen molar-refractivity contribution in [2.45, 2.75) is 25.7 Å². The molecule has 1 N–H and O–H groups in total. The number of benzene rings is 1. The highest BCUT2D eigenvalue weighted by molar-refractivity contribution is 9.10. The van der Waals surface area contributed by atoms with Gasteiger partial charge in [0.05, 0.1) is 0 Å². The largest absolute Gasteiger partial charge is 0.481 e. The first-order valence-electron chi connectivity index (χ1n) is 7.25. The Kier molecular flexibility index (Phi) is 6.34. The minimum Gasteiger partial charge on any atom is -0.481 e. The summed E-state index contributed by atoms with van der Waals surface area (Å²) in [5.41, 5.74) is 3.32. The van der Waals surface area contributed by atoms with Crippen LogP contribution in [0.4, 0.5) is 0 Å². The lowest BCUT2D eigenvalue weighted by Gasteiger charge is -2.09.